The summed E-state index contributed by atoms with van der Waals surface area (Å²) in [6.45, 7) is 0. The van der Waals surface area contributed by atoms with E-state index < -0.39 is 11.4 Å². The third-order valence-electron chi connectivity index (χ3n) is 3.20. The van der Waals surface area contributed by atoms with E-state index in [0.717, 1.165) is 5.39 Å². The maximum absolute atomic E-state index is 12.4. The third kappa shape index (κ3) is 4.77. The molecule has 0 aliphatic carbocycles. The van der Waals surface area contributed by atoms with Crippen LogP contribution in [0.15, 0.2) is 63.9 Å². The molecule has 0 saturated heterocycles. The Bertz CT molecular complexity index is 937. The number of hydrogen-bond donors (Lipinski definition) is 2. The molecule has 1 amide bonds. The first-order valence-electron chi connectivity index (χ1n) is 7.27. The standard InChI is InChI=1S/C17H11F3N2O2S2/c18-17(19,20)26-12-6-3-5-11(9-12)21-16(25)22-15(23)14-8-10-4-1-2-7-13(10)24-14/h1-9H,(H2,21,22,23,25). The molecular weight excluding hydrogens is 385 g/mol. The molecule has 0 aliphatic rings. The number of carbonyl (C=O) groups excluding carboxylic acids is 1. The van der Waals surface area contributed by atoms with Gasteiger partial charge in [-0.1, -0.05) is 24.3 Å². The number of thioether (sulfide) groups is 1. The van der Waals surface area contributed by atoms with Crippen LogP contribution in [0.3, 0.4) is 0 Å². The summed E-state index contributed by atoms with van der Waals surface area (Å²) in [5.41, 5.74) is -3.49. The second-order valence-corrected chi connectivity index (χ2v) is 6.68. The van der Waals surface area contributed by atoms with Crippen molar-refractivity contribution < 1.29 is 22.4 Å². The van der Waals surface area contributed by atoms with E-state index in [1.807, 2.05) is 6.07 Å². The van der Waals surface area contributed by atoms with E-state index in [4.69, 9.17) is 16.6 Å². The Labute approximate surface area is 155 Å². The smallest absolute Gasteiger partial charge is 0.446 e. The molecule has 3 rings (SSSR count). The van der Waals surface area contributed by atoms with Gasteiger partial charge in [0.05, 0.1) is 0 Å². The third-order valence-corrected chi connectivity index (χ3v) is 4.13. The largest absolute Gasteiger partial charge is 0.451 e. The van der Waals surface area contributed by atoms with Gasteiger partial charge in [0.25, 0.3) is 5.91 Å². The number of hydrogen-bond acceptors (Lipinski definition) is 4. The summed E-state index contributed by atoms with van der Waals surface area (Å²) in [5.74, 6) is -0.476. The lowest BCUT2D eigenvalue weighted by Gasteiger charge is -2.10. The topological polar surface area (TPSA) is 54.3 Å². The average Bonchev–Trinajstić information content (AvgIpc) is 2.97. The number of para-hydroxylation sites is 1. The molecule has 0 bridgehead atoms. The Morgan fingerprint density at radius 2 is 1.85 bits per heavy atom. The molecular formula is C17H11F3N2O2S2. The molecule has 1 aromatic heterocycles. The van der Waals surface area contributed by atoms with Crippen LogP contribution in [-0.2, 0) is 0 Å². The quantitative estimate of drug-likeness (QED) is 0.472. The summed E-state index contributed by atoms with van der Waals surface area (Å²) in [5, 5.41) is 5.83. The van der Waals surface area contributed by atoms with Gasteiger partial charge in [0.2, 0.25) is 0 Å². The van der Waals surface area contributed by atoms with E-state index >= 15 is 0 Å². The first kappa shape index (κ1) is 18.3. The molecule has 0 saturated carbocycles. The minimum Gasteiger partial charge on any atom is -0.451 e. The minimum absolute atomic E-state index is 0.00825. The van der Waals surface area contributed by atoms with Gasteiger partial charge in [-0.05, 0) is 54.3 Å². The fourth-order valence-corrected chi connectivity index (χ4v) is 3.00. The lowest BCUT2D eigenvalue weighted by molar-refractivity contribution is -0.0328. The lowest BCUT2D eigenvalue weighted by atomic mass is 10.2. The Morgan fingerprint density at radius 1 is 1.08 bits per heavy atom. The Morgan fingerprint density at radius 3 is 2.58 bits per heavy atom. The highest BCUT2D eigenvalue weighted by molar-refractivity contribution is 8.00. The number of carbonyl (C=O) groups is 1. The fourth-order valence-electron chi connectivity index (χ4n) is 2.19. The van der Waals surface area contributed by atoms with E-state index in [9.17, 15) is 18.0 Å². The summed E-state index contributed by atoms with van der Waals surface area (Å²) in [4.78, 5) is 12.2. The predicted molar refractivity (Wildman–Crippen MR) is 98.3 cm³/mol. The van der Waals surface area contributed by atoms with E-state index in [-0.39, 0.29) is 27.5 Å². The van der Waals surface area contributed by atoms with Crippen molar-refractivity contribution in [2.75, 3.05) is 5.32 Å². The van der Waals surface area contributed by atoms with Crippen LogP contribution in [0.5, 0.6) is 0 Å². The predicted octanol–water partition coefficient (Wildman–Crippen LogP) is 5.17. The van der Waals surface area contributed by atoms with Crippen molar-refractivity contribution in [2.24, 2.45) is 0 Å². The first-order chi connectivity index (χ1) is 12.3. The summed E-state index contributed by atoms with van der Waals surface area (Å²) in [7, 11) is 0. The van der Waals surface area contributed by atoms with Gasteiger partial charge in [-0.15, -0.1) is 0 Å². The molecule has 3 aromatic rings. The van der Waals surface area contributed by atoms with E-state index in [1.54, 1.807) is 30.3 Å². The molecule has 134 valence electrons. The Kier molecular flexibility index (Phi) is 5.19. The molecule has 0 aliphatic heterocycles. The van der Waals surface area contributed by atoms with Crippen LogP contribution in [0.25, 0.3) is 11.0 Å². The van der Waals surface area contributed by atoms with Gasteiger partial charge >= 0.3 is 5.51 Å². The van der Waals surface area contributed by atoms with Crippen LogP contribution in [0, 0.1) is 0 Å². The zero-order valence-corrected chi connectivity index (χ0v) is 14.6. The second kappa shape index (κ2) is 7.38. The van der Waals surface area contributed by atoms with Crippen molar-refractivity contribution in [3.63, 3.8) is 0 Å². The summed E-state index contributed by atoms with van der Waals surface area (Å²) < 4.78 is 42.7. The number of fused-ring (bicyclic) bond motifs is 1. The molecule has 26 heavy (non-hydrogen) atoms. The molecule has 0 fully saturated rings. The molecule has 0 atom stereocenters. The highest BCUT2D eigenvalue weighted by Gasteiger charge is 2.29. The van der Waals surface area contributed by atoms with Crippen LogP contribution in [0.4, 0.5) is 18.9 Å². The average molecular weight is 396 g/mol. The number of halogens is 3. The van der Waals surface area contributed by atoms with E-state index in [1.165, 1.54) is 18.2 Å². The van der Waals surface area contributed by atoms with Crippen LogP contribution in [0.1, 0.15) is 10.6 Å². The van der Waals surface area contributed by atoms with Crippen molar-refractivity contribution in [1.82, 2.24) is 5.32 Å². The lowest BCUT2D eigenvalue weighted by Crippen LogP contribution is -2.33. The number of rotatable bonds is 3. The summed E-state index contributed by atoms with van der Waals surface area (Å²) >= 11 is 4.80. The minimum atomic E-state index is -4.38. The molecule has 9 heteroatoms. The normalized spacial score (nSPS) is 11.3. The molecule has 2 aromatic carbocycles. The number of furan rings is 1. The van der Waals surface area contributed by atoms with Gasteiger partial charge in [0.1, 0.15) is 5.58 Å². The van der Waals surface area contributed by atoms with Gasteiger partial charge in [-0.2, -0.15) is 13.2 Å². The number of nitrogens with one attached hydrogen (secondary N) is 2. The molecule has 4 nitrogen and oxygen atoms in total. The molecule has 1 heterocycles. The van der Waals surface area contributed by atoms with Gasteiger partial charge < -0.3 is 9.73 Å². The fraction of sp³-hybridized carbons (Fsp3) is 0.0588. The van der Waals surface area contributed by atoms with Crippen molar-refractivity contribution in [3.8, 4) is 0 Å². The van der Waals surface area contributed by atoms with E-state index in [0.29, 0.717) is 11.3 Å². The summed E-state index contributed by atoms with van der Waals surface area (Å²) in [6, 6.07) is 14.3. The number of benzene rings is 2. The van der Waals surface area contributed by atoms with E-state index in [2.05, 4.69) is 10.6 Å². The number of thiocarbonyl (C=S) groups is 1. The maximum Gasteiger partial charge on any atom is 0.446 e. The van der Waals surface area contributed by atoms with Crippen molar-refractivity contribution in [2.45, 2.75) is 10.4 Å². The van der Waals surface area contributed by atoms with Crippen molar-refractivity contribution in [1.29, 1.82) is 0 Å². The van der Waals surface area contributed by atoms with Crippen molar-refractivity contribution in [3.05, 3.63) is 60.4 Å². The maximum atomic E-state index is 12.4. The van der Waals surface area contributed by atoms with Crippen molar-refractivity contribution >= 4 is 51.7 Å². The Hall–Kier alpha value is -2.52. The van der Waals surface area contributed by atoms with Crippen LogP contribution >= 0.6 is 24.0 Å². The molecule has 0 spiro atoms. The Balaban J connectivity index is 1.65. The van der Waals surface area contributed by atoms with Crippen LogP contribution in [0.2, 0.25) is 0 Å². The van der Waals surface area contributed by atoms with Crippen LogP contribution in [-0.4, -0.2) is 16.5 Å². The first-order valence-corrected chi connectivity index (χ1v) is 8.49. The number of alkyl halides is 3. The zero-order valence-electron chi connectivity index (χ0n) is 13.0. The summed E-state index contributed by atoms with van der Waals surface area (Å²) in [6.07, 6.45) is 0. The highest BCUT2D eigenvalue weighted by atomic mass is 32.2. The SMILES string of the molecule is O=C(NC(=S)Nc1cccc(SC(F)(F)F)c1)c1cc2ccccc2o1. The molecule has 0 radical (unpaired) electrons. The zero-order chi connectivity index (χ0) is 18.7. The molecule has 0 unspecified atom stereocenters. The highest BCUT2D eigenvalue weighted by Crippen LogP contribution is 2.37. The van der Waals surface area contributed by atoms with Gasteiger partial charge in [0.15, 0.2) is 10.9 Å². The van der Waals surface area contributed by atoms with Crippen LogP contribution < -0.4 is 10.6 Å². The monoisotopic (exact) mass is 396 g/mol. The number of anilines is 1. The van der Waals surface area contributed by atoms with Gasteiger partial charge in [-0.3, -0.25) is 10.1 Å². The van der Waals surface area contributed by atoms with Gasteiger partial charge in [-0.25, -0.2) is 0 Å². The second-order valence-electron chi connectivity index (χ2n) is 5.13. The molecule has 2 N–H and O–H groups in total. The number of amides is 1. The van der Waals surface area contributed by atoms with Gasteiger partial charge in [0, 0.05) is 16.0 Å².